The van der Waals surface area contributed by atoms with Crippen molar-refractivity contribution in [3.05, 3.63) is 46.5 Å². The Kier molecular flexibility index (Phi) is 6.52. The molecule has 8 heteroatoms. The number of nitrogens with one attached hydrogen (secondary N) is 1. The van der Waals surface area contributed by atoms with Crippen LogP contribution in [0.25, 0.3) is 0 Å². The average Bonchev–Trinajstić information content (AvgIpc) is 2.63. The standard InChI is InChI=1S/C19H20ClNO6/c1-10-7-12(20)5-6-15(10)27-11(2)18(22)21-14-9-17(26-4)16(25-3)8-13(14)19(23)24/h5-9,11H,1-4H3,(H,21,22)(H,23,24)/p-1/t11-/m1/s1. The Labute approximate surface area is 161 Å². The lowest BCUT2D eigenvalue weighted by Gasteiger charge is -2.19. The Hall–Kier alpha value is -2.93. The maximum absolute atomic E-state index is 12.5. The molecule has 1 amide bonds. The molecule has 2 rings (SSSR count). The van der Waals surface area contributed by atoms with E-state index in [2.05, 4.69) is 5.32 Å². The number of amides is 1. The first-order valence-electron chi connectivity index (χ1n) is 7.97. The molecule has 7 nitrogen and oxygen atoms in total. The normalized spacial score (nSPS) is 11.4. The van der Waals surface area contributed by atoms with E-state index in [-0.39, 0.29) is 22.7 Å². The number of aromatic carboxylic acids is 1. The second kappa shape index (κ2) is 8.64. The minimum Gasteiger partial charge on any atom is -0.545 e. The van der Waals surface area contributed by atoms with Gasteiger partial charge in [-0.05, 0) is 43.7 Å². The molecule has 0 unspecified atom stereocenters. The zero-order chi connectivity index (χ0) is 20.1. The van der Waals surface area contributed by atoms with Crippen LogP contribution < -0.4 is 24.6 Å². The first-order valence-corrected chi connectivity index (χ1v) is 8.35. The number of halogens is 1. The zero-order valence-corrected chi connectivity index (χ0v) is 16.0. The van der Waals surface area contributed by atoms with Gasteiger partial charge in [-0.25, -0.2) is 0 Å². The van der Waals surface area contributed by atoms with Gasteiger partial charge < -0.3 is 29.4 Å². The number of rotatable bonds is 7. The quantitative estimate of drug-likeness (QED) is 0.777. The molecule has 0 spiro atoms. The lowest BCUT2D eigenvalue weighted by Crippen LogP contribution is -2.32. The third-order valence-corrected chi connectivity index (χ3v) is 4.05. The predicted octanol–water partition coefficient (Wildman–Crippen LogP) is 2.44. The Morgan fingerprint density at radius 2 is 1.70 bits per heavy atom. The van der Waals surface area contributed by atoms with Gasteiger partial charge in [0.05, 0.1) is 25.9 Å². The molecule has 144 valence electrons. The number of carbonyl (C=O) groups is 2. The lowest BCUT2D eigenvalue weighted by atomic mass is 10.1. The number of carboxylic acid groups (broad SMARTS) is 1. The molecule has 0 heterocycles. The van der Waals surface area contributed by atoms with Crippen LogP contribution in [0.3, 0.4) is 0 Å². The van der Waals surface area contributed by atoms with Crippen LogP contribution in [0.2, 0.25) is 5.02 Å². The summed E-state index contributed by atoms with van der Waals surface area (Å²) in [4.78, 5) is 23.9. The summed E-state index contributed by atoms with van der Waals surface area (Å²) < 4.78 is 15.9. The molecule has 0 aromatic heterocycles. The van der Waals surface area contributed by atoms with E-state index in [9.17, 15) is 14.7 Å². The van der Waals surface area contributed by atoms with E-state index in [1.807, 2.05) is 0 Å². The first kappa shape index (κ1) is 20.4. The Morgan fingerprint density at radius 1 is 1.07 bits per heavy atom. The number of carbonyl (C=O) groups excluding carboxylic acids is 2. The van der Waals surface area contributed by atoms with Crippen molar-refractivity contribution >= 4 is 29.2 Å². The molecular weight excluding hydrogens is 374 g/mol. The molecule has 1 atom stereocenters. The van der Waals surface area contributed by atoms with Crippen LogP contribution in [-0.4, -0.2) is 32.2 Å². The second-order valence-electron chi connectivity index (χ2n) is 5.70. The van der Waals surface area contributed by atoms with E-state index in [4.69, 9.17) is 25.8 Å². The number of hydrogen-bond donors (Lipinski definition) is 1. The lowest BCUT2D eigenvalue weighted by molar-refractivity contribution is -0.254. The second-order valence-corrected chi connectivity index (χ2v) is 6.14. The fourth-order valence-corrected chi connectivity index (χ4v) is 2.60. The van der Waals surface area contributed by atoms with Gasteiger partial charge in [-0.15, -0.1) is 0 Å². The highest BCUT2D eigenvalue weighted by Crippen LogP contribution is 2.33. The molecule has 2 aromatic rings. The first-order chi connectivity index (χ1) is 12.8. The third kappa shape index (κ3) is 4.83. The molecule has 1 N–H and O–H groups in total. The minimum absolute atomic E-state index is 0.0147. The molecule has 27 heavy (non-hydrogen) atoms. The van der Waals surface area contributed by atoms with Crippen LogP contribution in [0.4, 0.5) is 5.69 Å². The molecule has 0 aliphatic heterocycles. The van der Waals surface area contributed by atoms with Gasteiger partial charge in [0, 0.05) is 16.7 Å². The van der Waals surface area contributed by atoms with Crippen LogP contribution in [0.15, 0.2) is 30.3 Å². The van der Waals surface area contributed by atoms with Crippen molar-refractivity contribution in [3.8, 4) is 17.2 Å². The van der Waals surface area contributed by atoms with E-state index in [0.717, 1.165) is 5.56 Å². The molecule has 2 aromatic carbocycles. The number of benzene rings is 2. The SMILES string of the molecule is COc1cc(NC(=O)[C@@H](C)Oc2ccc(Cl)cc2C)c(C(=O)[O-])cc1OC. The molecule has 0 fully saturated rings. The number of ether oxygens (including phenoxy) is 3. The fraction of sp³-hybridized carbons (Fsp3) is 0.263. The zero-order valence-electron chi connectivity index (χ0n) is 15.3. The van der Waals surface area contributed by atoms with Gasteiger partial charge >= 0.3 is 0 Å². The van der Waals surface area contributed by atoms with Crippen LogP contribution in [0.1, 0.15) is 22.8 Å². The van der Waals surface area contributed by atoms with Crippen molar-refractivity contribution in [2.24, 2.45) is 0 Å². The molecule has 0 radical (unpaired) electrons. The van der Waals surface area contributed by atoms with Crippen LogP contribution in [0.5, 0.6) is 17.2 Å². The summed E-state index contributed by atoms with van der Waals surface area (Å²) in [6.45, 7) is 3.34. The van der Waals surface area contributed by atoms with Gasteiger partial charge in [-0.2, -0.15) is 0 Å². The van der Waals surface area contributed by atoms with E-state index in [0.29, 0.717) is 10.8 Å². The Balaban J connectivity index is 2.24. The fourth-order valence-electron chi connectivity index (χ4n) is 2.37. The minimum atomic E-state index is -1.46. The average molecular weight is 393 g/mol. The summed E-state index contributed by atoms with van der Waals surface area (Å²) in [7, 11) is 2.77. The number of carboxylic acids is 1. The van der Waals surface area contributed by atoms with Gasteiger partial charge in [0.2, 0.25) is 0 Å². The summed E-state index contributed by atoms with van der Waals surface area (Å²) in [6, 6.07) is 7.59. The van der Waals surface area contributed by atoms with Crippen molar-refractivity contribution < 1.29 is 28.9 Å². The topological polar surface area (TPSA) is 96.9 Å². The van der Waals surface area contributed by atoms with Gasteiger partial charge in [-0.1, -0.05) is 11.6 Å². The van der Waals surface area contributed by atoms with Crippen LogP contribution >= 0.6 is 11.6 Å². The summed E-state index contributed by atoms with van der Waals surface area (Å²) in [5, 5.41) is 14.5. The van der Waals surface area contributed by atoms with E-state index >= 15 is 0 Å². The molecule has 0 saturated heterocycles. The molecule has 0 bridgehead atoms. The monoisotopic (exact) mass is 392 g/mol. The molecular formula is C19H19ClNO6-. The Bertz CT molecular complexity index is 868. The highest BCUT2D eigenvalue weighted by atomic mass is 35.5. The van der Waals surface area contributed by atoms with E-state index < -0.39 is 18.0 Å². The maximum Gasteiger partial charge on any atom is 0.265 e. The highest BCUT2D eigenvalue weighted by Gasteiger charge is 2.19. The number of anilines is 1. The van der Waals surface area contributed by atoms with E-state index in [1.165, 1.54) is 26.4 Å². The van der Waals surface area contributed by atoms with Gasteiger partial charge in [0.1, 0.15) is 5.75 Å². The van der Waals surface area contributed by atoms with Gasteiger partial charge in [-0.3, -0.25) is 4.79 Å². The molecule has 0 aliphatic rings. The van der Waals surface area contributed by atoms with Crippen molar-refractivity contribution in [3.63, 3.8) is 0 Å². The smallest absolute Gasteiger partial charge is 0.265 e. The van der Waals surface area contributed by atoms with Gasteiger partial charge in [0.25, 0.3) is 5.91 Å². The summed E-state index contributed by atoms with van der Waals surface area (Å²) in [5.74, 6) is -1.04. The number of aryl methyl sites for hydroxylation is 1. The van der Waals surface area contributed by atoms with E-state index in [1.54, 1.807) is 32.0 Å². The number of hydrogen-bond acceptors (Lipinski definition) is 6. The van der Waals surface area contributed by atoms with Crippen LogP contribution in [-0.2, 0) is 4.79 Å². The Morgan fingerprint density at radius 3 is 2.26 bits per heavy atom. The molecule has 0 saturated carbocycles. The van der Waals surface area contributed by atoms with Crippen LogP contribution in [0, 0.1) is 6.92 Å². The number of methoxy groups -OCH3 is 2. The van der Waals surface area contributed by atoms with Crippen molar-refractivity contribution in [1.82, 2.24) is 0 Å². The van der Waals surface area contributed by atoms with Crippen molar-refractivity contribution in [2.45, 2.75) is 20.0 Å². The third-order valence-electron chi connectivity index (χ3n) is 3.81. The summed E-state index contributed by atoms with van der Waals surface area (Å²) >= 11 is 5.91. The largest absolute Gasteiger partial charge is 0.545 e. The predicted molar refractivity (Wildman–Crippen MR) is 98.8 cm³/mol. The summed E-state index contributed by atoms with van der Waals surface area (Å²) in [5.41, 5.74) is 0.542. The maximum atomic E-state index is 12.5. The highest BCUT2D eigenvalue weighted by molar-refractivity contribution is 6.30. The van der Waals surface area contributed by atoms with Crippen molar-refractivity contribution in [2.75, 3.05) is 19.5 Å². The summed E-state index contributed by atoms with van der Waals surface area (Å²) in [6.07, 6.45) is -0.896. The van der Waals surface area contributed by atoms with Gasteiger partial charge in [0.15, 0.2) is 17.6 Å². The molecule has 0 aliphatic carbocycles. The van der Waals surface area contributed by atoms with Crippen molar-refractivity contribution in [1.29, 1.82) is 0 Å².